The van der Waals surface area contributed by atoms with Crippen molar-refractivity contribution in [1.82, 2.24) is 5.32 Å². The number of benzene rings is 1. The Morgan fingerprint density at radius 3 is 2.52 bits per heavy atom. The van der Waals surface area contributed by atoms with Crippen LogP contribution in [0.2, 0.25) is 0 Å². The molecule has 1 aromatic rings. The van der Waals surface area contributed by atoms with E-state index in [2.05, 4.69) is 17.2 Å². The highest BCUT2D eigenvalue weighted by atomic mass is 16.5. The van der Waals surface area contributed by atoms with Gasteiger partial charge in [-0.2, -0.15) is 0 Å². The molecule has 0 fully saturated rings. The standard InChI is InChI=1S/C17H21NO3/c1-4-21-17(20)12-16(18-14(3)19)7-5-6-15-10-8-13(2)9-11-15/h8-11,16H,4,7,12H2,1-3H3,(H,18,19)/t16-/m0/s1. The van der Waals surface area contributed by atoms with Crippen molar-refractivity contribution in [2.45, 2.75) is 39.7 Å². The molecule has 0 aliphatic heterocycles. The Bertz CT molecular complexity index is 537. The lowest BCUT2D eigenvalue weighted by molar-refractivity contribution is -0.143. The summed E-state index contributed by atoms with van der Waals surface area (Å²) in [5, 5.41) is 2.72. The summed E-state index contributed by atoms with van der Waals surface area (Å²) < 4.78 is 4.89. The van der Waals surface area contributed by atoms with E-state index in [9.17, 15) is 9.59 Å². The van der Waals surface area contributed by atoms with Crippen molar-refractivity contribution < 1.29 is 14.3 Å². The van der Waals surface area contributed by atoms with Crippen LogP contribution in [-0.2, 0) is 14.3 Å². The first-order valence-electron chi connectivity index (χ1n) is 6.99. The third-order valence-electron chi connectivity index (χ3n) is 2.76. The molecular formula is C17H21NO3. The molecule has 1 rings (SSSR count). The molecule has 1 amide bonds. The molecule has 112 valence electrons. The van der Waals surface area contributed by atoms with Gasteiger partial charge >= 0.3 is 5.97 Å². The monoisotopic (exact) mass is 287 g/mol. The fourth-order valence-corrected chi connectivity index (χ4v) is 1.80. The van der Waals surface area contributed by atoms with Gasteiger partial charge in [-0.25, -0.2) is 0 Å². The lowest BCUT2D eigenvalue weighted by Crippen LogP contribution is -2.35. The van der Waals surface area contributed by atoms with E-state index < -0.39 is 0 Å². The van der Waals surface area contributed by atoms with E-state index in [1.807, 2.05) is 31.2 Å². The number of hydrogen-bond donors (Lipinski definition) is 1. The fourth-order valence-electron chi connectivity index (χ4n) is 1.80. The van der Waals surface area contributed by atoms with Gasteiger partial charge in [0.25, 0.3) is 0 Å². The van der Waals surface area contributed by atoms with Gasteiger partial charge in [0.15, 0.2) is 0 Å². The maximum Gasteiger partial charge on any atom is 0.307 e. The number of aryl methyl sites for hydroxylation is 1. The van der Waals surface area contributed by atoms with Gasteiger partial charge in [-0.1, -0.05) is 29.5 Å². The average molecular weight is 287 g/mol. The highest BCUT2D eigenvalue weighted by Gasteiger charge is 2.14. The summed E-state index contributed by atoms with van der Waals surface area (Å²) in [5.41, 5.74) is 2.09. The zero-order valence-corrected chi connectivity index (χ0v) is 12.7. The maximum atomic E-state index is 11.5. The number of hydrogen-bond acceptors (Lipinski definition) is 3. The van der Waals surface area contributed by atoms with E-state index in [1.165, 1.54) is 12.5 Å². The SMILES string of the molecule is CCOC(=O)C[C@H](CC#Cc1ccc(C)cc1)NC(C)=O. The van der Waals surface area contributed by atoms with E-state index in [0.29, 0.717) is 13.0 Å². The molecule has 0 saturated heterocycles. The molecule has 0 bridgehead atoms. The largest absolute Gasteiger partial charge is 0.466 e. The van der Waals surface area contributed by atoms with Gasteiger partial charge in [0, 0.05) is 18.9 Å². The smallest absolute Gasteiger partial charge is 0.307 e. The molecule has 0 aromatic heterocycles. The maximum absolute atomic E-state index is 11.5. The van der Waals surface area contributed by atoms with Crippen molar-refractivity contribution in [3.8, 4) is 11.8 Å². The van der Waals surface area contributed by atoms with E-state index in [0.717, 1.165) is 5.56 Å². The number of ether oxygens (including phenoxy) is 1. The van der Waals surface area contributed by atoms with Crippen LogP contribution in [0.5, 0.6) is 0 Å². The second-order valence-electron chi connectivity index (χ2n) is 4.78. The number of nitrogens with one attached hydrogen (secondary N) is 1. The number of carbonyl (C=O) groups excluding carboxylic acids is 2. The molecule has 0 saturated carbocycles. The van der Waals surface area contributed by atoms with Crippen molar-refractivity contribution in [3.63, 3.8) is 0 Å². The van der Waals surface area contributed by atoms with Crippen LogP contribution >= 0.6 is 0 Å². The Kier molecular flexibility index (Phi) is 7.03. The van der Waals surface area contributed by atoms with E-state index in [-0.39, 0.29) is 24.3 Å². The summed E-state index contributed by atoms with van der Waals surface area (Å²) in [6, 6.07) is 7.56. The Balaban J connectivity index is 2.62. The molecule has 1 N–H and O–H groups in total. The average Bonchev–Trinajstić information content (AvgIpc) is 2.40. The van der Waals surface area contributed by atoms with Crippen molar-refractivity contribution in [2.75, 3.05) is 6.61 Å². The summed E-state index contributed by atoms with van der Waals surface area (Å²) >= 11 is 0. The van der Waals surface area contributed by atoms with Gasteiger partial charge in [-0.15, -0.1) is 0 Å². The molecular weight excluding hydrogens is 266 g/mol. The predicted octanol–water partition coefficient (Wildman–Crippen LogP) is 2.19. The minimum absolute atomic E-state index is 0.135. The molecule has 1 atom stereocenters. The number of rotatable bonds is 5. The van der Waals surface area contributed by atoms with Crippen LogP contribution in [0.3, 0.4) is 0 Å². The molecule has 0 aliphatic carbocycles. The second-order valence-corrected chi connectivity index (χ2v) is 4.78. The van der Waals surface area contributed by atoms with E-state index in [1.54, 1.807) is 6.92 Å². The first-order chi connectivity index (χ1) is 10.0. The molecule has 0 radical (unpaired) electrons. The molecule has 1 aromatic carbocycles. The van der Waals surface area contributed by atoms with Crippen LogP contribution in [0.4, 0.5) is 0 Å². The summed E-state index contributed by atoms with van der Waals surface area (Å²) in [7, 11) is 0. The quantitative estimate of drug-likeness (QED) is 0.667. The van der Waals surface area contributed by atoms with Gasteiger partial charge in [0.1, 0.15) is 0 Å². The van der Waals surface area contributed by atoms with E-state index in [4.69, 9.17) is 4.74 Å². The molecule has 4 heteroatoms. The summed E-state index contributed by atoms with van der Waals surface area (Å²) in [6.07, 6.45) is 0.544. The zero-order chi connectivity index (χ0) is 15.7. The molecule has 0 unspecified atom stereocenters. The van der Waals surface area contributed by atoms with Crippen LogP contribution in [0.15, 0.2) is 24.3 Å². The van der Waals surface area contributed by atoms with Crippen LogP contribution in [0.25, 0.3) is 0 Å². The molecule has 21 heavy (non-hydrogen) atoms. The van der Waals surface area contributed by atoms with Gasteiger partial charge in [0.05, 0.1) is 19.1 Å². The third kappa shape index (κ3) is 7.17. The minimum Gasteiger partial charge on any atom is -0.466 e. The van der Waals surface area contributed by atoms with Crippen molar-refractivity contribution >= 4 is 11.9 Å². The lowest BCUT2D eigenvalue weighted by Gasteiger charge is -2.14. The normalized spacial score (nSPS) is 11.0. The van der Waals surface area contributed by atoms with E-state index >= 15 is 0 Å². The molecule has 0 spiro atoms. The van der Waals surface area contributed by atoms with Crippen LogP contribution in [0, 0.1) is 18.8 Å². The highest BCUT2D eigenvalue weighted by molar-refractivity contribution is 5.75. The predicted molar refractivity (Wildman–Crippen MR) is 81.5 cm³/mol. The Labute approximate surface area is 125 Å². The van der Waals surface area contributed by atoms with Crippen molar-refractivity contribution in [2.24, 2.45) is 0 Å². The lowest BCUT2D eigenvalue weighted by atomic mass is 10.1. The number of carbonyl (C=O) groups is 2. The fraction of sp³-hybridized carbons (Fsp3) is 0.412. The molecule has 0 aliphatic rings. The van der Waals surface area contributed by atoms with Crippen LogP contribution in [-0.4, -0.2) is 24.5 Å². The summed E-state index contributed by atoms with van der Waals surface area (Å²) in [5.74, 6) is 5.52. The first-order valence-corrected chi connectivity index (χ1v) is 6.99. The Morgan fingerprint density at radius 2 is 1.95 bits per heavy atom. The van der Waals surface area contributed by atoms with Gasteiger partial charge in [-0.3, -0.25) is 9.59 Å². The Morgan fingerprint density at radius 1 is 1.29 bits per heavy atom. The first kappa shape index (κ1) is 16.8. The zero-order valence-electron chi connectivity index (χ0n) is 12.7. The third-order valence-corrected chi connectivity index (χ3v) is 2.76. The summed E-state index contributed by atoms with van der Waals surface area (Å²) in [6.45, 7) is 5.53. The number of esters is 1. The Hall–Kier alpha value is -2.28. The summed E-state index contributed by atoms with van der Waals surface area (Å²) in [4.78, 5) is 22.6. The topological polar surface area (TPSA) is 55.4 Å². The van der Waals surface area contributed by atoms with Crippen molar-refractivity contribution in [1.29, 1.82) is 0 Å². The highest BCUT2D eigenvalue weighted by Crippen LogP contribution is 2.03. The van der Waals surface area contributed by atoms with Gasteiger partial charge in [-0.05, 0) is 26.0 Å². The minimum atomic E-state index is -0.326. The number of amides is 1. The van der Waals surface area contributed by atoms with Gasteiger partial charge < -0.3 is 10.1 Å². The van der Waals surface area contributed by atoms with Crippen molar-refractivity contribution in [3.05, 3.63) is 35.4 Å². The molecule has 4 nitrogen and oxygen atoms in total. The molecule has 0 heterocycles. The van der Waals surface area contributed by atoms with Crippen LogP contribution < -0.4 is 5.32 Å². The van der Waals surface area contributed by atoms with Crippen LogP contribution in [0.1, 0.15) is 37.8 Å². The second kappa shape index (κ2) is 8.80. The van der Waals surface area contributed by atoms with Gasteiger partial charge in [0.2, 0.25) is 5.91 Å².